The van der Waals surface area contributed by atoms with E-state index in [1.165, 1.54) is 11.8 Å². The molecule has 29 heavy (non-hydrogen) atoms. The van der Waals surface area contributed by atoms with E-state index in [9.17, 15) is 9.59 Å². The van der Waals surface area contributed by atoms with E-state index in [4.69, 9.17) is 23.2 Å². The maximum atomic E-state index is 13.2. The minimum atomic E-state index is -0.585. The van der Waals surface area contributed by atoms with E-state index >= 15 is 0 Å². The SMILES string of the molecule is CCCNC(=O)[C@H](CC)N(Cc1c(Cl)cccc1Cl)C(=O)CSc1ccccc1. The third-order valence-corrected chi connectivity index (χ3v) is 6.14. The minimum absolute atomic E-state index is 0.131. The minimum Gasteiger partial charge on any atom is -0.354 e. The average Bonchev–Trinajstić information content (AvgIpc) is 2.73. The third kappa shape index (κ3) is 6.95. The largest absolute Gasteiger partial charge is 0.354 e. The molecular formula is C22H26Cl2N2O2S. The van der Waals surface area contributed by atoms with Crippen LogP contribution in [0.25, 0.3) is 0 Å². The van der Waals surface area contributed by atoms with Crippen LogP contribution in [0, 0.1) is 0 Å². The fourth-order valence-corrected chi connectivity index (χ4v) is 4.21. The Balaban J connectivity index is 2.25. The number of halogens is 2. The lowest BCUT2D eigenvalue weighted by Gasteiger charge is -2.31. The zero-order chi connectivity index (χ0) is 21.2. The lowest BCUT2D eigenvalue weighted by atomic mass is 10.1. The smallest absolute Gasteiger partial charge is 0.242 e. The fraction of sp³-hybridized carbons (Fsp3) is 0.364. The first kappa shape index (κ1) is 23.6. The second-order valence-corrected chi connectivity index (χ2v) is 8.40. The molecule has 0 saturated carbocycles. The molecule has 2 aromatic carbocycles. The van der Waals surface area contributed by atoms with Gasteiger partial charge >= 0.3 is 0 Å². The zero-order valence-electron chi connectivity index (χ0n) is 16.7. The van der Waals surface area contributed by atoms with Crippen LogP contribution in [0.1, 0.15) is 32.3 Å². The number of thioether (sulfide) groups is 1. The van der Waals surface area contributed by atoms with E-state index < -0.39 is 6.04 Å². The Labute approximate surface area is 187 Å². The van der Waals surface area contributed by atoms with Gasteiger partial charge in [-0.25, -0.2) is 0 Å². The van der Waals surface area contributed by atoms with Crippen molar-refractivity contribution in [3.8, 4) is 0 Å². The molecule has 0 unspecified atom stereocenters. The van der Waals surface area contributed by atoms with Crippen LogP contribution < -0.4 is 5.32 Å². The molecule has 1 atom stereocenters. The van der Waals surface area contributed by atoms with Gasteiger partial charge in [0.05, 0.1) is 5.75 Å². The molecule has 1 N–H and O–H groups in total. The maximum Gasteiger partial charge on any atom is 0.242 e. The topological polar surface area (TPSA) is 49.4 Å². The number of nitrogens with zero attached hydrogens (tertiary/aromatic N) is 1. The van der Waals surface area contributed by atoms with Crippen LogP contribution in [0.15, 0.2) is 53.4 Å². The molecule has 0 aliphatic heterocycles. The molecule has 0 fully saturated rings. The summed E-state index contributed by atoms with van der Waals surface area (Å²) in [5.41, 5.74) is 0.649. The summed E-state index contributed by atoms with van der Waals surface area (Å²) in [5, 5.41) is 3.86. The highest BCUT2D eigenvalue weighted by Gasteiger charge is 2.29. The van der Waals surface area contributed by atoms with Crippen molar-refractivity contribution in [2.45, 2.75) is 44.2 Å². The molecule has 156 valence electrons. The van der Waals surface area contributed by atoms with Crippen molar-refractivity contribution in [1.29, 1.82) is 0 Å². The normalized spacial score (nSPS) is 11.7. The van der Waals surface area contributed by atoms with Crippen LogP contribution in [0.2, 0.25) is 10.0 Å². The first-order valence-electron chi connectivity index (χ1n) is 9.65. The molecule has 0 heterocycles. The van der Waals surface area contributed by atoms with Gasteiger partial charge in [0.25, 0.3) is 0 Å². The van der Waals surface area contributed by atoms with Crippen molar-refractivity contribution >= 4 is 46.8 Å². The molecule has 2 rings (SSSR count). The molecule has 0 radical (unpaired) electrons. The Bertz CT molecular complexity index is 797. The predicted octanol–water partition coefficient (Wildman–Crippen LogP) is 5.42. The molecule has 0 spiro atoms. The number of carbonyl (C=O) groups excluding carboxylic acids is 2. The van der Waals surface area contributed by atoms with Gasteiger partial charge in [0.2, 0.25) is 11.8 Å². The second-order valence-electron chi connectivity index (χ2n) is 6.54. The van der Waals surface area contributed by atoms with Crippen LogP contribution in [-0.4, -0.2) is 35.1 Å². The zero-order valence-corrected chi connectivity index (χ0v) is 19.0. The van der Waals surface area contributed by atoms with E-state index in [0.717, 1.165) is 11.3 Å². The van der Waals surface area contributed by atoms with Gasteiger partial charge in [-0.1, -0.05) is 61.3 Å². The van der Waals surface area contributed by atoms with Gasteiger partial charge in [0, 0.05) is 33.6 Å². The number of carbonyl (C=O) groups is 2. The van der Waals surface area contributed by atoms with Gasteiger partial charge in [-0.15, -0.1) is 11.8 Å². The van der Waals surface area contributed by atoms with Gasteiger partial charge in [-0.3, -0.25) is 9.59 Å². The van der Waals surface area contributed by atoms with Crippen molar-refractivity contribution in [2.75, 3.05) is 12.3 Å². The molecule has 7 heteroatoms. The molecule has 2 amide bonds. The quantitative estimate of drug-likeness (QED) is 0.489. The summed E-state index contributed by atoms with van der Waals surface area (Å²) >= 11 is 14.1. The summed E-state index contributed by atoms with van der Waals surface area (Å²) in [6.45, 7) is 4.65. The first-order chi connectivity index (χ1) is 14.0. The first-order valence-corrected chi connectivity index (χ1v) is 11.4. The molecule has 0 aliphatic carbocycles. The van der Waals surface area contributed by atoms with E-state index in [2.05, 4.69) is 5.32 Å². The second kappa shape index (κ2) is 12.1. The van der Waals surface area contributed by atoms with Crippen molar-refractivity contribution in [1.82, 2.24) is 10.2 Å². The van der Waals surface area contributed by atoms with Gasteiger partial charge in [0.1, 0.15) is 6.04 Å². The number of hydrogen-bond acceptors (Lipinski definition) is 3. The highest BCUT2D eigenvalue weighted by Crippen LogP contribution is 2.28. The number of rotatable bonds is 10. The Morgan fingerprint density at radius 3 is 2.28 bits per heavy atom. The van der Waals surface area contributed by atoms with Crippen molar-refractivity contribution in [3.63, 3.8) is 0 Å². The van der Waals surface area contributed by atoms with Gasteiger partial charge < -0.3 is 10.2 Å². The highest BCUT2D eigenvalue weighted by molar-refractivity contribution is 8.00. The highest BCUT2D eigenvalue weighted by atomic mass is 35.5. The summed E-state index contributed by atoms with van der Waals surface area (Å²) in [5.74, 6) is -0.0622. The Kier molecular flexibility index (Phi) is 9.85. The standard InChI is InChI=1S/C22H26Cl2N2O2S/c1-3-13-25-22(28)20(4-2)26(14-17-18(23)11-8-12-19(17)24)21(27)15-29-16-9-6-5-7-10-16/h5-12,20H,3-4,13-15H2,1-2H3,(H,25,28)/t20-/m0/s1. The van der Waals surface area contributed by atoms with Crippen LogP contribution in [0.3, 0.4) is 0 Å². The lowest BCUT2D eigenvalue weighted by molar-refractivity contribution is -0.139. The number of amides is 2. The Morgan fingerprint density at radius 1 is 1.03 bits per heavy atom. The van der Waals surface area contributed by atoms with Gasteiger partial charge in [0.15, 0.2) is 0 Å². The van der Waals surface area contributed by atoms with Gasteiger partial charge in [-0.05, 0) is 37.1 Å². The summed E-state index contributed by atoms with van der Waals surface area (Å²) in [4.78, 5) is 28.5. The lowest BCUT2D eigenvalue weighted by Crippen LogP contribution is -2.49. The Hall–Kier alpha value is -1.69. The summed E-state index contributed by atoms with van der Waals surface area (Å²) in [6, 6.07) is 14.4. The predicted molar refractivity (Wildman–Crippen MR) is 122 cm³/mol. The average molecular weight is 453 g/mol. The van der Waals surface area contributed by atoms with Crippen LogP contribution in [-0.2, 0) is 16.1 Å². The molecule has 4 nitrogen and oxygen atoms in total. The Morgan fingerprint density at radius 2 is 1.69 bits per heavy atom. The maximum absolute atomic E-state index is 13.2. The van der Waals surface area contributed by atoms with E-state index in [-0.39, 0.29) is 24.1 Å². The van der Waals surface area contributed by atoms with Gasteiger partial charge in [-0.2, -0.15) is 0 Å². The van der Waals surface area contributed by atoms with E-state index in [1.54, 1.807) is 23.1 Å². The molecule has 0 aromatic heterocycles. The molecule has 2 aromatic rings. The van der Waals surface area contributed by atoms with Crippen molar-refractivity contribution < 1.29 is 9.59 Å². The summed E-state index contributed by atoms with van der Waals surface area (Å²) in [6.07, 6.45) is 1.33. The number of nitrogens with one attached hydrogen (secondary N) is 1. The monoisotopic (exact) mass is 452 g/mol. The molecule has 0 bridgehead atoms. The van der Waals surface area contributed by atoms with Crippen LogP contribution in [0.4, 0.5) is 0 Å². The number of hydrogen-bond donors (Lipinski definition) is 1. The van der Waals surface area contributed by atoms with Crippen molar-refractivity contribution in [3.05, 3.63) is 64.1 Å². The van der Waals surface area contributed by atoms with E-state index in [0.29, 0.717) is 28.6 Å². The number of benzene rings is 2. The molecule has 0 saturated heterocycles. The fourth-order valence-electron chi connectivity index (χ4n) is 2.88. The summed E-state index contributed by atoms with van der Waals surface area (Å²) < 4.78 is 0. The van der Waals surface area contributed by atoms with Crippen LogP contribution >= 0.6 is 35.0 Å². The van der Waals surface area contributed by atoms with Crippen molar-refractivity contribution in [2.24, 2.45) is 0 Å². The molecule has 0 aliphatic rings. The molecular weight excluding hydrogens is 427 g/mol. The third-order valence-electron chi connectivity index (χ3n) is 4.43. The van der Waals surface area contributed by atoms with Crippen LogP contribution in [0.5, 0.6) is 0 Å². The van der Waals surface area contributed by atoms with E-state index in [1.807, 2.05) is 44.2 Å². The summed E-state index contributed by atoms with van der Waals surface area (Å²) in [7, 11) is 0.